The number of nitrogens with zero attached hydrogens (tertiary/aromatic N) is 3. The molecule has 0 unspecified atom stereocenters. The molecule has 4 heterocycles. The van der Waals surface area contributed by atoms with Crippen LogP contribution in [0.5, 0.6) is 11.5 Å². The number of benzene rings is 3. The van der Waals surface area contributed by atoms with Gasteiger partial charge in [0.05, 0.1) is 31.5 Å². The van der Waals surface area contributed by atoms with Crippen LogP contribution in [0.4, 0.5) is 14.9 Å². The first-order chi connectivity index (χ1) is 25.6. The standard InChI is InChI=1S/C40H40Cl2FN3O7/c1-50-35-13-12-29(18-37(35)51-24-26-6-7-26)36(19-30-31(41)21-45(49)22-32(30)42)52-39(47)28-10-8-25(9-11-28)20-46(34-5-3-2-4-33(34)43)40(48)53-38-23-44-16-14-27(38)15-17-44/h2-5,8-13,18,21-22,26-27,36,38H,6-7,14-17,19-20,23-24H2,1H3/t36-,38-/m0/s1. The molecule has 2 atom stereocenters. The summed E-state index contributed by atoms with van der Waals surface area (Å²) in [6, 6.07) is 17.9. The number of hydrogen-bond acceptors (Lipinski definition) is 8. The third-order valence-electron chi connectivity index (χ3n) is 10.2. The van der Waals surface area contributed by atoms with E-state index in [1.54, 1.807) is 67.8 Å². The van der Waals surface area contributed by atoms with Crippen LogP contribution in [0.25, 0.3) is 0 Å². The third kappa shape index (κ3) is 8.80. The summed E-state index contributed by atoms with van der Waals surface area (Å²) in [5, 5.41) is 12.2. The highest BCUT2D eigenvalue weighted by Gasteiger charge is 2.38. The SMILES string of the molecule is COc1ccc([C@H](Cc2c(Cl)c[n+]([O-])cc2Cl)OC(=O)c2ccc(CN(C(=O)O[C@H]3CN4CCC3CC4)c3ccccc3F)cc2)cc1OCC1CC1. The molecule has 13 heteroatoms. The monoisotopic (exact) mass is 763 g/mol. The topological polar surface area (TPSA) is 104 Å². The average Bonchev–Trinajstić information content (AvgIpc) is 3.99. The first-order valence-corrected chi connectivity index (χ1v) is 18.5. The van der Waals surface area contributed by atoms with Gasteiger partial charge in [0, 0.05) is 18.5 Å². The predicted octanol–water partition coefficient (Wildman–Crippen LogP) is 7.94. The van der Waals surface area contributed by atoms with Crippen molar-refractivity contribution in [2.24, 2.45) is 11.8 Å². The van der Waals surface area contributed by atoms with Gasteiger partial charge in [-0.2, -0.15) is 4.73 Å². The van der Waals surface area contributed by atoms with Crippen LogP contribution in [0, 0.1) is 22.9 Å². The number of pyridine rings is 1. The van der Waals surface area contributed by atoms with Gasteiger partial charge in [-0.15, -0.1) is 0 Å². The molecule has 1 amide bonds. The van der Waals surface area contributed by atoms with E-state index in [0.717, 1.165) is 38.8 Å². The summed E-state index contributed by atoms with van der Waals surface area (Å²) in [6.45, 7) is 3.22. The number of ether oxygens (including phenoxy) is 4. The molecule has 0 radical (unpaired) electrons. The maximum absolute atomic E-state index is 15.1. The van der Waals surface area contributed by atoms with Gasteiger partial charge in [-0.25, -0.2) is 14.0 Å². The zero-order valence-corrected chi connectivity index (χ0v) is 30.7. The Kier molecular flexibility index (Phi) is 11.2. The van der Waals surface area contributed by atoms with Gasteiger partial charge in [0.15, 0.2) is 23.9 Å². The van der Waals surface area contributed by atoms with Gasteiger partial charge in [0.1, 0.15) is 28.1 Å². The van der Waals surface area contributed by atoms with Gasteiger partial charge in [0.2, 0.25) is 0 Å². The van der Waals surface area contributed by atoms with Crippen molar-refractivity contribution >= 4 is 41.0 Å². The molecule has 4 aromatic rings. The van der Waals surface area contributed by atoms with E-state index in [2.05, 4.69) is 4.90 Å². The lowest BCUT2D eigenvalue weighted by Crippen LogP contribution is -2.53. The number of methoxy groups -OCH3 is 1. The van der Waals surface area contributed by atoms with E-state index < -0.39 is 24.0 Å². The number of piperidine rings is 3. The average molecular weight is 765 g/mol. The fourth-order valence-electron chi connectivity index (χ4n) is 6.92. The maximum atomic E-state index is 15.1. The van der Waals surface area contributed by atoms with Gasteiger partial charge in [-0.3, -0.25) is 9.80 Å². The Morgan fingerprint density at radius 1 is 0.981 bits per heavy atom. The molecule has 2 bridgehead atoms. The van der Waals surface area contributed by atoms with Crippen molar-refractivity contribution in [1.82, 2.24) is 4.90 Å². The summed E-state index contributed by atoms with van der Waals surface area (Å²) in [5.74, 6) is 0.653. The fourth-order valence-corrected chi connectivity index (χ4v) is 7.52. The molecule has 1 saturated carbocycles. The second kappa shape index (κ2) is 16.2. The molecule has 0 spiro atoms. The molecule has 0 N–H and O–H groups in total. The lowest BCUT2D eigenvalue weighted by molar-refractivity contribution is -0.605. The van der Waals surface area contributed by atoms with E-state index in [1.165, 1.54) is 23.4 Å². The highest BCUT2D eigenvalue weighted by atomic mass is 35.5. The van der Waals surface area contributed by atoms with Crippen LogP contribution in [-0.2, 0) is 22.4 Å². The summed E-state index contributed by atoms with van der Waals surface area (Å²) in [7, 11) is 1.55. The van der Waals surface area contributed by atoms with Crippen molar-refractivity contribution in [3.05, 3.63) is 122 Å². The quantitative estimate of drug-likeness (QED) is 0.0769. The number of halogens is 3. The van der Waals surface area contributed by atoms with Gasteiger partial charge in [-0.05, 0) is 98.1 Å². The number of hydrogen-bond donors (Lipinski definition) is 0. The largest absolute Gasteiger partial charge is 0.619 e. The number of fused-ring (bicyclic) bond motifs is 3. The Morgan fingerprint density at radius 2 is 1.70 bits per heavy atom. The molecule has 3 saturated heterocycles. The number of para-hydroxylation sites is 1. The second-order valence-corrected chi connectivity index (χ2v) is 14.7. The van der Waals surface area contributed by atoms with E-state index >= 15 is 4.39 Å². The Hall–Kier alpha value is -4.58. The molecule has 10 nitrogen and oxygen atoms in total. The molecule has 4 fully saturated rings. The number of amides is 1. The van der Waals surface area contributed by atoms with E-state index in [9.17, 15) is 14.8 Å². The summed E-state index contributed by atoms with van der Waals surface area (Å²) >= 11 is 12.9. The normalized spacial score (nSPS) is 19.7. The van der Waals surface area contributed by atoms with E-state index in [-0.39, 0.29) is 46.3 Å². The van der Waals surface area contributed by atoms with Gasteiger partial charge < -0.3 is 24.2 Å². The Bertz CT molecular complexity index is 1930. The molecule has 4 aliphatic rings. The van der Waals surface area contributed by atoms with Crippen LogP contribution < -0.4 is 19.1 Å². The van der Waals surface area contributed by atoms with Crippen LogP contribution in [-0.4, -0.2) is 56.4 Å². The molecule has 278 valence electrons. The second-order valence-electron chi connectivity index (χ2n) is 13.8. The molecule has 1 aliphatic carbocycles. The minimum absolute atomic E-state index is 0.0129. The maximum Gasteiger partial charge on any atom is 0.415 e. The highest BCUT2D eigenvalue weighted by molar-refractivity contribution is 6.35. The Balaban J connectivity index is 1.11. The molecule has 3 aromatic carbocycles. The van der Waals surface area contributed by atoms with Crippen LogP contribution in [0.3, 0.4) is 0 Å². The number of anilines is 1. The van der Waals surface area contributed by atoms with Crippen LogP contribution in [0.2, 0.25) is 10.0 Å². The molecular weight excluding hydrogens is 724 g/mol. The number of carbonyl (C=O) groups excluding carboxylic acids is 2. The number of carbonyl (C=O) groups is 2. The lowest BCUT2D eigenvalue weighted by Gasteiger charge is -2.44. The van der Waals surface area contributed by atoms with Crippen LogP contribution in [0.15, 0.2) is 79.1 Å². The third-order valence-corrected chi connectivity index (χ3v) is 10.8. The lowest BCUT2D eigenvalue weighted by atomic mass is 9.86. The smallest absolute Gasteiger partial charge is 0.415 e. The summed E-state index contributed by atoms with van der Waals surface area (Å²) in [5.41, 5.74) is 2.03. The minimum Gasteiger partial charge on any atom is -0.619 e. The summed E-state index contributed by atoms with van der Waals surface area (Å²) in [4.78, 5) is 30.9. The van der Waals surface area contributed by atoms with Crippen molar-refractivity contribution in [3.8, 4) is 11.5 Å². The number of aromatic nitrogens is 1. The summed E-state index contributed by atoms with van der Waals surface area (Å²) < 4.78 is 39.3. The van der Waals surface area contributed by atoms with Crippen molar-refractivity contribution in [2.45, 2.75) is 50.9 Å². The van der Waals surface area contributed by atoms with Crippen molar-refractivity contribution < 1.29 is 37.7 Å². The molecular formula is C40H40Cl2FN3O7. The fraction of sp³-hybridized carbons (Fsp3) is 0.375. The predicted molar refractivity (Wildman–Crippen MR) is 197 cm³/mol. The zero-order valence-electron chi connectivity index (χ0n) is 29.2. The van der Waals surface area contributed by atoms with Gasteiger partial charge in [0.25, 0.3) is 0 Å². The van der Waals surface area contributed by atoms with Crippen molar-refractivity contribution in [3.63, 3.8) is 0 Å². The Labute approximate surface area is 317 Å². The van der Waals surface area contributed by atoms with Gasteiger partial charge >= 0.3 is 12.1 Å². The van der Waals surface area contributed by atoms with Crippen LogP contribution in [0.1, 0.15) is 58.8 Å². The number of esters is 1. The van der Waals surface area contributed by atoms with Crippen LogP contribution >= 0.6 is 23.2 Å². The number of rotatable bonds is 13. The molecule has 3 aliphatic heterocycles. The zero-order chi connectivity index (χ0) is 37.1. The first kappa shape index (κ1) is 36.8. The van der Waals surface area contributed by atoms with E-state index in [4.69, 9.17) is 42.1 Å². The van der Waals surface area contributed by atoms with E-state index in [1.807, 2.05) is 0 Å². The van der Waals surface area contributed by atoms with Gasteiger partial charge in [-0.1, -0.05) is 53.5 Å². The minimum atomic E-state index is -0.883. The van der Waals surface area contributed by atoms with Crippen molar-refractivity contribution in [2.75, 3.05) is 38.3 Å². The summed E-state index contributed by atoms with van der Waals surface area (Å²) in [6.07, 6.45) is 4.84. The molecule has 8 rings (SSSR count). The first-order valence-electron chi connectivity index (χ1n) is 17.8. The van der Waals surface area contributed by atoms with E-state index in [0.29, 0.717) is 52.0 Å². The Morgan fingerprint density at radius 3 is 2.34 bits per heavy atom. The van der Waals surface area contributed by atoms with Crippen molar-refractivity contribution in [1.29, 1.82) is 0 Å². The molecule has 53 heavy (non-hydrogen) atoms. The highest BCUT2D eigenvalue weighted by Crippen LogP contribution is 2.38. The molecule has 1 aromatic heterocycles.